The SMILES string of the molecule is CC(C)(C)c1ccc(C(=O)N[C@@H](C(=O)O)c2ccccc2)nc1. The van der Waals surface area contributed by atoms with Crippen LogP contribution in [0.25, 0.3) is 0 Å². The molecule has 0 fully saturated rings. The van der Waals surface area contributed by atoms with Gasteiger partial charge in [-0.15, -0.1) is 0 Å². The van der Waals surface area contributed by atoms with E-state index in [1.165, 1.54) is 0 Å². The third kappa shape index (κ3) is 4.16. The molecule has 2 aromatic rings. The van der Waals surface area contributed by atoms with Gasteiger partial charge in [-0.05, 0) is 22.6 Å². The van der Waals surface area contributed by atoms with Crippen molar-refractivity contribution in [2.75, 3.05) is 0 Å². The molecule has 0 spiro atoms. The average Bonchev–Trinajstić information content (AvgIpc) is 2.52. The number of carbonyl (C=O) groups is 2. The van der Waals surface area contributed by atoms with Gasteiger partial charge in [0.1, 0.15) is 5.69 Å². The number of amides is 1. The van der Waals surface area contributed by atoms with Crippen molar-refractivity contribution in [3.8, 4) is 0 Å². The maximum absolute atomic E-state index is 12.3. The van der Waals surface area contributed by atoms with E-state index in [0.717, 1.165) is 5.56 Å². The zero-order chi connectivity index (χ0) is 17.0. The number of rotatable bonds is 4. The second kappa shape index (κ2) is 6.60. The molecule has 0 radical (unpaired) electrons. The van der Waals surface area contributed by atoms with Gasteiger partial charge in [0.05, 0.1) is 0 Å². The van der Waals surface area contributed by atoms with Crippen LogP contribution in [0.1, 0.15) is 48.4 Å². The summed E-state index contributed by atoms with van der Waals surface area (Å²) in [4.78, 5) is 27.8. The summed E-state index contributed by atoms with van der Waals surface area (Å²) in [6.07, 6.45) is 1.65. The number of nitrogens with zero attached hydrogens (tertiary/aromatic N) is 1. The molecule has 2 N–H and O–H groups in total. The molecule has 1 aromatic carbocycles. The van der Waals surface area contributed by atoms with Crippen LogP contribution < -0.4 is 5.32 Å². The topological polar surface area (TPSA) is 79.3 Å². The first-order chi connectivity index (χ1) is 10.8. The normalized spacial score (nSPS) is 12.5. The van der Waals surface area contributed by atoms with E-state index in [1.54, 1.807) is 42.6 Å². The average molecular weight is 312 g/mol. The predicted molar refractivity (Wildman–Crippen MR) is 87.2 cm³/mol. The molecule has 5 heteroatoms. The monoisotopic (exact) mass is 312 g/mol. The lowest BCUT2D eigenvalue weighted by Gasteiger charge is -2.19. The molecule has 120 valence electrons. The van der Waals surface area contributed by atoms with Crippen molar-refractivity contribution in [1.29, 1.82) is 0 Å². The van der Waals surface area contributed by atoms with E-state index in [1.807, 2.05) is 6.07 Å². The first-order valence-electron chi connectivity index (χ1n) is 7.34. The lowest BCUT2D eigenvalue weighted by molar-refractivity contribution is -0.139. The number of nitrogens with one attached hydrogen (secondary N) is 1. The van der Waals surface area contributed by atoms with Gasteiger partial charge in [0, 0.05) is 6.20 Å². The molecule has 0 saturated carbocycles. The van der Waals surface area contributed by atoms with Gasteiger partial charge in [0.2, 0.25) is 0 Å². The lowest BCUT2D eigenvalue weighted by Crippen LogP contribution is -2.34. The Morgan fingerprint density at radius 1 is 1.09 bits per heavy atom. The van der Waals surface area contributed by atoms with Gasteiger partial charge in [-0.25, -0.2) is 4.79 Å². The number of aromatic nitrogens is 1. The Balaban J connectivity index is 2.18. The molecule has 0 aliphatic carbocycles. The highest BCUT2D eigenvalue weighted by molar-refractivity contribution is 5.95. The number of pyridine rings is 1. The fourth-order valence-electron chi connectivity index (χ4n) is 2.11. The summed E-state index contributed by atoms with van der Waals surface area (Å²) in [5, 5.41) is 11.8. The Kier molecular flexibility index (Phi) is 4.79. The Morgan fingerprint density at radius 3 is 2.22 bits per heavy atom. The van der Waals surface area contributed by atoms with Crippen molar-refractivity contribution in [2.45, 2.75) is 32.2 Å². The molecule has 1 atom stereocenters. The van der Waals surface area contributed by atoms with Gasteiger partial charge in [-0.2, -0.15) is 0 Å². The molecule has 0 bridgehead atoms. The van der Waals surface area contributed by atoms with Gasteiger partial charge in [-0.1, -0.05) is 57.2 Å². The van der Waals surface area contributed by atoms with Crippen LogP contribution in [0.5, 0.6) is 0 Å². The van der Waals surface area contributed by atoms with Gasteiger partial charge >= 0.3 is 5.97 Å². The van der Waals surface area contributed by atoms with Crippen molar-refractivity contribution in [2.24, 2.45) is 0 Å². The minimum Gasteiger partial charge on any atom is -0.479 e. The molecule has 0 aliphatic rings. The molecule has 1 aromatic heterocycles. The van der Waals surface area contributed by atoms with E-state index < -0.39 is 17.9 Å². The van der Waals surface area contributed by atoms with Crippen LogP contribution >= 0.6 is 0 Å². The van der Waals surface area contributed by atoms with E-state index in [9.17, 15) is 14.7 Å². The first-order valence-corrected chi connectivity index (χ1v) is 7.34. The van der Waals surface area contributed by atoms with E-state index in [-0.39, 0.29) is 11.1 Å². The maximum atomic E-state index is 12.3. The molecule has 0 saturated heterocycles. The van der Waals surface area contributed by atoms with E-state index in [2.05, 4.69) is 31.1 Å². The van der Waals surface area contributed by atoms with E-state index in [4.69, 9.17) is 0 Å². The van der Waals surface area contributed by atoms with E-state index >= 15 is 0 Å². The van der Waals surface area contributed by atoms with Gasteiger partial charge in [-0.3, -0.25) is 9.78 Å². The number of carbonyl (C=O) groups excluding carboxylic acids is 1. The number of benzene rings is 1. The van der Waals surface area contributed by atoms with Crippen LogP contribution in [-0.2, 0) is 10.2 Å². The van der Waals surface area contributed by atoms with Gasteiger partial charge in [0.15, 0.2) is 6.04 Å². The molecule has 1 amide bonds. The Bertz CT molecular complexity index is 688. The summed E-state index contributed by atoms with van der Waals surface area (Å²) >= 11 is 0. The minimum absolute atomic E-state index is 0.0599. The zero-order valence-electron chi connectivity index (χ0n) is 13.4. The number of carboxylic acid groups (broad SMARTS) is 1. The fourth-order valence-corrected chi connectivity index (χ4v) is 2.11. The summed E-state index contributed by atoms with van der Waals surface area (Å²) in [6, 6.07) is 10.9. The standard InChI is InChI=1S/C18H20N2O3/c1-18(2,3)13-9-10-14(19-11-13)16(21)20-15(17(22)23)12-7-5-4-6-8-12/h4-11,15H,1-3H3,(H,20,21)(H,22,23)/t15-/m1/s1. The molecule has 23 heavy (non-hydrogen) atoms. The highest BCUT2D eigenvalue weighted by Gasteiger charge is 2.23. The van der Waals surface area contributed by atoms with Crippen LogP contribution in [0, 0.1) is 0 Å². The van der Waals surface area contributed by atoms with Crippen LogP contribution in [0.4, 0.5) is 0 Å². The van der Waals surface area contributed by atoms with Gasteiger partial charge in [0.25, 0.3) is 5.91 Å². The number of hydrogen-bond acceptors (Lipinski definition) is 3. The summed E-state index contributed by atoms with van der Waals surface area (Å²) in [6.45, 7) is 6.17. The summed E-state index contributed by atoms with van der Waals surface area (Å²) in [5.74, 6) is -1.63. The third-order valence-electron chi connectivity index (χ3n) is 3.52. The summed E-state index contributed by atoms with van der Waals surface area (Å²) in [5.41, 5.74) is 1.65. The van der Waals surface area contributed by atoms with Crippen molar-refractivity contribution in [1.82, 2.24) is 10.3 Å². The Morgan fingerprint density at radius 2 is 1.74 bits per heavy atom. The minimum atomic E-state index is -1.11. The van der Waals surface area contributed by atoms with Crippen LogP contribution in [0.2, 0.25) is 0 Å². The molecule has 1 heterocycles. The first kappa shape index (κ1) is 16.7. The Labute approximate surface area is 135 Å². The summed E-state index contributed by atoms with van der Waals surface area (Å²) < 4.78 is 0. The third-order valence-corrected chi connectivity index (χ3v) is 3.52. The summed E-state index contributed by atoms with van der Waals surface area (Å²) in [7, 11) is 0. The second-order valence-electron chi connectivity index (χ2n) is 6.34. The van der Waals surface area contributed by atoms with Crippen LogP contribution in [0.3, 0.4) is 0 Å². The molecular formula is C18H20N2O3. The maximum Gasteiger partial charge on any atom is 0.330 e. The molecule has 2 rings (SSSR count). The zero-order valence-corrected chi connectivity index (χ0v) is 13.4. The number of carboxylic acids is 1. The molecule has 0 aliphatic heterocycles. The van der Waals surface area contributed by atoms with Crippen LogP contribution in [0.15, 0.2) is 48.7 Å². The smallest absolute Gasteiger partial charge is 0.330 e. The predicted octanol–water partition coefficient (Wildman–Crippen LogP) is 2.93. The fraction of sp³-hybridized carbons (Fsp3) is 0.278. The highest BCUT2D eigenvalue weighted by Crippen LogP contribution is 2.21. The molecular weight excluding hydrogens is 292 g/mol. The van der Waals surface area contributed by atoms with Crippen molar-refractivity contribution in [3.05, 3.63) is 65.5 Å². The van der Waals surface area contributed by atoms with Crippen LogP contribution in [-0.4, -0.2) is 22.0 Å². The number of hydrogen-bond donors (Lipinski definition) is 2. The highest BCUT2D eigenvalue weighted by atomic mass is 16.4. The largest absolute Gasteiger partial charge is 0.479 e. The van der Waals surface area contributed by atoms with Crippen molar-refractivity contribution < 1.29 is 14.7 Å². The number of aliphatic carboxylic acids is 1. The molecule has 5 nitrogen and oxygen atoms in total. The second-order valence-corrected chi connectivity index (χ2v) is 6.34. The van der Waals surface area contributed by atoms with Crippen molar-refractivity contribution in [3.63, 3.8) is 0 Å². The quantitative estimate of drug-likeness (QED) is 0.909. The van der Waals surface area contributed by atoms with Gasteiger partial charge < -0.3 is 10.4 Å². The Hall–Kier alpha value is -2.69. The molecule has 0 unspecified atom stereocenters. The van der Waals surface area contributed by atoms with Crippen molar-refractivity contribution >= 4 is 11.9 Å². The van der Waals surface area contributed by atoms with E-state index in [0.29, 0.717) is 5.56 Å². The lowest BCUT2D eigenvalue weighted by atomic mass is 9.88.